The van der Waals surface area contributed by atoms with Crippen LogP contribution in [0.15, 0.2) is 199 Å². The molecule has 0 saturated heterocycles. The number of benzene rings is 10. The molecule has 0 aliphatic heterocycles. The van der Waals surface area contributed by atoms with Crippen molar-refractivity contribution in [3.63, 3.8) is 0 Å². The van der Waals surface area contributed by atoms with Crippen molar-refractivity contribution in [1.29, 1.82) is 0 Å². The summed E-state index contributed by atoms with van der Waals surface area (Å²) >= 11 is 0. The maximum Gasteiger partial charge on any atom is 0.136 e. The minimum absolute atomic E-state index is 0.898. The third kappa shape index (κ3) is 4.35. The molecule has 0 bridgehead atoms. The van der Waals surface area contributed by atoms with E-state index in [0.717, 1.165) is 21.9 Å². The summed E-state index contributed by atoms with van der Waals surface area (Å²) in [4.78, 5) is 0. The van der Waals surface area contributed by atoms with Crippen molar-refractivity contribution in [3.8, 4) is 66.8 Å². The Hall–Kier alpha value is -7.22. The van der Waals surface area contributed by atoms with Crippen molar-refractivity contribution in [2.75, 3.05) is 0 Å². The van der Waals surface area contributed by atoms with E-state index in [9.17, 15) is 0 Å². The van der Waals surface area contributed by atoms with E-state index in [4.69, 9.17) is 4.42 Å². The van der Waals surface area contributed by atoms with E-state index in [1.165, 1.54) is 99.1 Å². The standard InChI is InChI=1S/C54H32O/c1-2-14-33(15-3-1)35-24-13-27-50-54(35)48-32-34(28-31-49(48)55-50)51-43-20-8-10-22-45(43)53(46-23-11-9-21-44(46)51)40-19-7-6-18-38(40)39-29-30-47-37-17-5-4-16-36(37)41-25-12-26-42(39)52(41)47/h1-32H. The Morgan fingerprint density at radius 3 is 1.45 bits per heavy atom. The van der Waals surface area contributed by atoms with Gasteiger partial charge in [-0.05, 0) is 117 Å². The second kappa shape index (κ2) is 11.6. The molecule has 12 rings (SSSR count). The smallest absolute Gasteiger partial charge is 0.136 e. The fourth-order valence-corrected chi connectivity index (χ4v) is 9.55. The lowest BCUT2D eigenvalue weighted by atomic mass is 9.83. The summed E-state index contributed by atoms with van der Waals surface area (Å²) in [6, 6.07) is 71.0. The first kappa shape index (κ1) is 30.3. The molecule has 1 aromatic heterocycles. The zero-order chi connectivity index (χ0) is 36.0. The molecule has 1 heteroatoms. The molecule has 0 fully saturated rings. The van der Waals surface area contributed by atoms with Gasteiger partial charge in [-0.25, -0.2) is 0 Å². The van der Waals surface area contributed by atoms with E-state index in [0.29, 0.717) is 0 Å². The molecule has 1 aliphatic carbocycles. The summed E-state index contributed by atoms with van der Waals surface area (Å²) in [6.07, 6.45) is 0. The molecule has 1 nitrogen and oxygen atoms in total. The Morgan fingerprint density at radius 2 is 0.745 bits per heavy atom. The van der Waals surface area contributed by atoms with Crippen LogP contribution in [0.1, 0.15) is 0 Å². The van der Waals surface area contributed by atoms with Gasteiger partial charge in [-0.2, -0.15) is 0 Å². The highest BCUT2D eigenvalue weighted by molar-refractivity contribution is 6.25. The second-order valence-corrected chi connectivity index (χ2v) is 14.7. The number of rotatable bonds is 4. The van der Waals surface area contributed by atoms with E-state index >= 15 is 0 Å². The van der Waals surface area contributed by atoms with Crippen molar-refractivity contribution in [3.05, 3.63) is 194 Å². The molecule has 1 heterocycles. The van der Waals surface area contributed by atoms with Crippen molar-refractivity contribution in [2.45, 2.75) is 0 Å². The van der Waals surface area contributed by atoms with E-state index in [2.05, 4.69) is 194 Å². The van der Waals surface area contributed by atoms with Gasteiger partial charge in [0.15, 0.2) is 0 Å². The molecule has 0 spiro atoms. The molecule has 0 saturated carbocycles. The molecule has 0 atom stereocenters. The zero-order valence-electron chi connectivity index (χ0n) is 29.9. The van der Waals surface area contributed by atoms with Gasteiger partial charge in [-0.1, -0.05) is 176 Å². The minimum atomic E-state index is 0.898. The molecular formula is C54H32O. The van der Waals surface area contributed by atoms with Crippen molar-refractivity contribution < 1.29 is 4.42 Å². The van der Waals surface area contributed by atoms with E-state index in [-0.39, 0.29) is 0 Å². The first-order valence-corrected chi connectivity index (χ1v) is 19.0. The summed E-state index contributed by atoms with van der Waals surface area (Å²) in [5, 5.41) is 9.86. The fourth-order valence-electron chi connectivity index (χ4n) is 9.55. The van der Waals surface area contributed by atoms with E-state index < -0.39 is 0 Å². The quantitative estimate of drug-likeness (QED) is 0.167. The van der Waals surface area contributed by atoms with Gasteiger partial charge < -0.3 is 4.42 Å². The Labute approximate surface area is 318 Å². The summed E-state index contributed by atoms with van der Waals surface area (Å²) in [6.45, 7) is 0. The highest BCUT2D eigenvalue weighted by Gasteiger charge is 2.25. The maximum absolute atomic E-state index is 6.48. The summed E-state index contributed by atoms with van der Waals surface area (Å²) in [5.41, 5.74) is 16.9. The topological polar surface area (TPSA) is 13.1 Å². The van der Waals surface area contributed by atoms with Crippen LogP contribution in [-0.4, -0.2) is 0 Å². The summed E-state index contributed by atoms with van der Waals surface area (Å²) in [7, 11) is 0. The SMILES string of the molecule is c1ccc(-c2cccc3oc4ccc(-c5c6ccccc6c(-c6ccccc6-c6ccc7c8c(cccc68)-c6ccccc6-7)c6ccccc56)cc4c23)cc1. The van der Waals surface area contributed by atoms with Gasteiger partial charge in [-0.3, -0.25) is 0 Å². The average Bonchev–Trinajstić information content (AvgIpc) is 3.79. The van der Waals surface area contributed by atoms with Gasteiger partial charge in [0.05, 0.1) is 0 Å². The number of fused-ring (bicyclic) bond motifs is 8. The van der Waals surface area contributed by atoms with E-state index in [1.54, 1.807) is 0 Å². The maximum atomic E-state index is 6.48. The molecule has 0 amide bonds. The molecule has 0 N–H and O–H groups in total. The third-order valence-corrected chi connectivity index (χ3v) is 11.8. The number of hydrogen-bond acceptors (Lipinski definition) is 1. The molecule has 10 aromatic carbocycles. The molecule has 254 valence electrons. The lowest BCUT2D eigenvalue weighted by Gasteiger charge is -2.20. The predicted octanol–water partition coefficient (Wildman–Crippen LogP) is 15.4. The van der Waals surface area contributed by atoms with Crippen LogP contribution in [0.2, 0.25) is 0 Å². The number of hydrogen-bond donors (Lipinski definition) is 0. The third-order valence-electron chi connectivity index (χ3n) is 11.8. The summed E-state index contributed by atoms with van der Waals surface area (Å²) < 4.78 is 6.48. The minimum Gasteiger partial charge on any atom is -0.456 e. The van der Waals surface area contributed by atoms with Crippen LogP contribution in [0.3, 0.4) is 0 Å². The molecule has 11 aromatic rings. The highest BCUT2D eigenvalue weighted by Crippen LogP contribution is 2.52. The van der Waals surface area contributed by atoms with E-state index in [1.807, 2.05) is 0 Å². The monoisotopic (exact) mass is 696 g/mol. The van der Waals surface area contributed by atoms with Crippen molar-refractivity contribution in [2.24, 2.45) is 0 Å². The second-order valence-electron chi connectivity index (χ2n) is 14.7. The lowest BCUT2D eigenvalue weighted by Crippen LogP contribution is -1.93. The van der Waals surface area contributed by atoms with Gasteiger partial charge >= 0.3 is 0 Å². The molecular weight excluding hydrogens is 665 g/mol. The average molecular weight is 697 g/mol. The van der Waals surface area contributed by atoms with Crippen molar-refractivity contribution >= 4 is 54.3 Å². The van der Waals surface area contributed by atoms with Crippen LogP contribution < -0.4 is 0 Å². The van der Waals surface area contributed by atoms with Gasteiger partial charge in [0.2, 0.25) is 0 Å². The van der Waals surface area contributed by atoms with Crippen LogP contribution in [0.4, 0.5) is 0 Å². The number of furan rings is 1. The Balaban J connectivity index is 1.12. The largest absolute Gasteiger partial charge is 0.456 e. The zero-order valence-corrected chi connectivity index (χ0v) is 29.9. The highest BCUT2D eigenvalue weighted by atomic mass is 16.3. The van der Waals surface area contributed by atoms with Crippen LogP contribution in [0.5, 0.6) is 0 Å². The normalized spacial score (nSPS) is 12.0. The van der Waals surface area contributed by atoms with Gasteiger partial charge in [0, 0.05) is 10.8 Å². The first-order chi connectivity index (χ1) is 27.3. The Morgan fingerprint density at radius 1 is 0.236 bits per heavy atom. The van der Waals surface area contributed by atoms with Crippen molar-refractivity contribution in [1.82, 2.24) is 0 Å². The van der Waals surface area contributed by atoms with Crippen LogP contribution in [0.25, 0.3) is 121 Å². The van der Waals surface area contributed by atoms with Gasteiger partial charge in [0.25, 0.3) is 0 Å². The molecule has 0 unspecified atom stereocenters. The van der Waals surface area contributed by atoms with Gasteiger partial charge in [-0.15, -0.1) is 0 Å². The van der Waals surface area contributed by atoms with Crippen LogP contribution in [0, 0.1) is 0 Å². The Kier molecular flexibility index (Phi) is 6.40. The van der Waals surface area contributed by atoms with Gasteiger partial charge in [0.1, 0.15) is 11.2 Å². The van der Waals surface area contributed by atoms with Crippen LogP contribution in [-0.2, 0) is 0 Å². The fraction of sp³-hybridized carbons (Fsp3) is 0. The predicted molar refractivity (Wildman–Crippen MR) is 232 cm³/mol. The van der Waals surface area contributed by atoms with Crippen LogP contribution >= 0.6 is 0 Å². The molecule has 55 heavy (non-hydrogen) atoms. The first-order valence-electron chi connectivity index (χ1n) is 19.0. The lowest BCUT2D eigenvalue weighted by molar-refractivity contribution is 0.669. The molecule has 1 aliphatic rings. The summed E-state index contributed by atoms with van der Waals surface area (Å²) in [5.74, 6) is 0. The Bertz CT molecular complexity index is 3280. The molecule has 0 radical (unpaired) electrons.